The average Bonchev–Trinajstić information content (AvgIpc) is 3.86. The zero-order valence-electron chi connectivity index (χ0n) is 28.2. The first-order valence-electron chi connectivity index (χ1n) is 17.8. The topological polar surface area (TPSA) is 30.2 Å². The number of hydrogen-bond donors (Lipinski definition) is 0. The fourth-order valence-electron chi connectivity index (χ4n) is 8.88. The molecule has 3 aromatic heterocycles. The number of imidazole rings is 1. The van der Waals surface area contributed by atoms with Crippen LogP contribution in [-0.2, 0) is 5.41 Å². The lowest BCUT2D eigenvalue weighted by atomic mass is 9.70. The highest BCUT2D eigenvalue weighted by atomic mass is 15.0. The fraction of sp³-hybridized carbons (Fsp3) is 0.0204. The van der Waals surface area contributed by atoms with Crippen molar-refractivity contribution in [1.29, 1.82) is 0 Å². The Morgan fingerprint density at radius 1 is 0.365 bits per heavy atom. The second-order valence-electron chi connectivity index (χ2n) is 13.7. The monoisotopic (exact) mass is 661 g/mol. The van der Waals surface area contributed by atoms with Crippen molar-refractivity contribution in [3.63, 3.8) is 0 Å². The van der Waals surface area contributed by atoms with Crippen molar-refractivity contribution < 1.29 is 0 Å². The molecule has 0 saturated carbocycles. The van der Waals surface area contributed by atoms with Crippen LogP contribution in [0.25, 0.3) is 72.9 Å². The van der Waals surface area contributed by atoms with Crippen LogP contribution in [0.4, 0.5) is 0 Å². The molecule has 0 radical (unpaired) electrons. The van der Waals surface area contributed by atoms with E-state index < -0.39 is 0 Å². The van der Waals surface area contributed by atoms with Crippen LogP contribution in [0.1, 0.15) is 22.3 Å². The molecule has 2 aliphatic carbocycles. The molecule has 3 heterocycles. The maximum absolute atomic E-state index is 5.27. The molecule has 11 rings (SSSR count). The SMILES string of the molecule is c1ccc(-c2c(-c3ccc(-c4cccc(-c5ccc6c(c5)C5(c7ccccc7-c7ccccc75)c5ccccc5-6)n4)cc3)nc3ccccn23)cc1. The molecule has 0 amide bonds. The van der Waals surface area contributed by atoms with Crippen LogP contribution in [0.15, 0.2) is 188 Å². The molecule has 1 spiro atoms. The second kappa shape index (κ2) is 11.1. The number of fused-ring (bicyclic) bond motifs is 11. The summed E-state index contributed by atoms with van der Waals surface area (Å²) in [5, 5.41) is 0. The smallest absolute Gasteiger partial charge is 0.137 e. The van der Waals surface area contributed by atoms with Crippen molar-refractivity contribution in [3.05, 3.63) is 210 Å². The van der Waals surface area contributed by atoms with E-state index in [-0.39, 0.29) is 5.41 Å². The Morgan fingerprint density at radius 3 is 1.58 bits per heavy atom. The van der Waals surface area contributed by atoms with Crippen molar-refractivity contribution in [2.24, 2.45) is 0 Å². The minimum Gasteiger partial charge on any atom is -0.299 e. The van der Waals surface area contributed by atoms with Crippen molar-refractivity contribution in [3.8, 4) is 67.3 Å². The Bertz CT molecular complexity index is 2780. The van der Waals surface area contributed by atoms with Gasteiger partial charge < -0.3 is 0 Å². The van der Waals surface area contributed by atoms with E-state index in [1.807, 2.05) is 6.07 Å². The largest absolute Gasteiger partial charge is 0.299 e. The summed E-state index contributed by atoms with van der Waals surface area (Å²) in [7, 11) is 0. The third-order valence-electron chi connectivity index (χ3n) is 11.1. The molecule has 6 aromatic carbocycles. The van der Waals surface area contributed by atoms with Crippen LogP contribution < -0.4 is 0 Å². The third kappa shape index (κ3) is 4.02. The maximum atomic E-state index is 5.27. The van der Waals surface area contributed by atoms with E-state index in [0.29, 0.717) is 0 Å². The van der Waals surface area contributed by atoms with E-state index in [1.54, 1.807) is 0 Å². The molecule has 3 nitrogen and oxygen atoms in total. The lowest BCUT2D eigenvalue weighted by Crippen LogP contribution is -2.25. The molecular weight excluding hydrogens is 631 g/mol. The van der Waals surface area contributed by atoms with Gasteiger partial charge in [0, 0.05) is 28.5 Å². The van der Waals surface area contributed by atoms with Crippen molar-refractivity contribution in [1.82, 2.24) is 14.4 Å². The standard InChI is InChI=1S/C49H31N3/c1-2-13-34(14-3-1)48-47(51-46-23-10-11-30-52(46)48)33-26-24-32(25-27-33)44-21-12-22-45(50-44)35-28-29-39-38-17-6-9-20-42(38)49(43(39)31-35)40-18-7-4-15-36(40)37-16-5-8-19-41(37)49/h1-31H. The van der Waals surface area contributed by atoms with E-state index in [4.69, 9.17) is 9.97 Å². The Kier molecular flexibility index (Phi) is 6.17. The molecule has 0 aliphatic heterocycles. The lowest BCUT2D eigenvalue weighted by Gasteiger charge is -2.30. The van der Waals surface area contributed by atoms with Gasteiger partial charge in [-0.1, -0.05) is 152 Å². The first-order valence-corrected chi connectivity index (χ1v) is 17.8. The summed E-state index contributed by atoms with van der Waals surface area (Å²) in [6, 6.07) is 65.5. The van der Waals surface area contributed by atoms with E-state index in [2.05, 4.69) is 187 Å². The van der Waals surface area contributed by atoms with Crippen LogP contribution in [0.5, 0.6) is 0 Å². The highest BCUT2D eigenvalue weighted by molar-refractivity contribution is 5.96. The summed E-state index contributed by atoms with van der Waals surface area (Å²) in [6.45, 7) is 0. The summed E-state index contributed by atoms with van der Waals surface area (Å²) in [4.78, 5) is 10.3. The van der Waals surface area contributed by atoms with E-state index >= 15 is 0 Å². The summed E-state index contributed by atoms with van der Waals surface area (Å²) in [6.07, 6.45) is 2.08. The molecule has 0 saturated heterocycles. The van der Waals surface area contributed by atoms with Gasteiger partial charge in [0.2, 0.25) is 0 Å². The average molecular weight is 662 g/mol. The van der Waals surface area contributed by atoms with Gasteiger partial charge in [-0.2, -0.15) is 0 Å². The van der Waals surface area contributed by atoms with Gasteiger partial charge in [-0.15, -0.1) is 0 Å². The van der Waals surface area contributed by atoms with Gasteiger partial charge in [0.15, 0.2) is 0 Å². The van der Waals surface area contributed by atoms with Crippen LogP contribution in [0.2, 0.25) is 0 Å². The van der Waals surface area contributed by atoms with Crippen LogP contribution in [-0.4, -0.2) is 14.4 Å². The molecular formula is C49H31N3. The number of pyridine rings is 2. The molecule has 0 N–H and O–H groups in total. The van der Waals surface area contributed by atoms with Crippen LogP contribution in [0, 0.1) is 0 Å². The quantitative estimate of drug-likeness (QED) is 0.188. The Morgan fingerprint density at radius 2 is 0.904 bits per heavy atom. The minimum atomic E-state index is -0.376. The number of hydrogen-bond acceptors (Lipinski definition) is 2. The molecule has 3 heteroatoms. The number of benzene rings is 6. The Balaban J connectivity index is 1.01. The Hall–Kier alpha value is -6.84. The summed E-state index contributed by atoms with van der Waals surface area (Å²) in [5.74, 6) is 0. The zero-order valence-corrected chi connectivity index (χ0v) is 28.2. The number of aromatic nitrogens is 3. The van der Waals surface area contributed by atoms with Gasteiger partial charge >= 0.3 is 0 Å². The predicted octanol–water partition coefficient (Wildman–Crippen LogP) is 11.7. The van der Waals surface area contributed by atoms with Crippen molar-refractivity contribution >= 4 is 5.65 Å². The zero-order chi connectivity index (χ0) is 34.2. The maximum Gasteiger partial charge on any atom is 0.137 e. The number of rotatable bonds is 4. The van der Waals surface area contributed by atoms with E-state index in [9.17, 15) is 0 Å². The van der Waals surface area contributed by atoms with Gasteiger partial charge in [-0.25, -0.2) is 9.97 Å². The van der Waals surface area contributed by atoms with Crippen molar-refractivity contribution in [2.45, 2.75) is 5.41 Å². The lowest BCUT2D eigenvalue weighted by molar-refractivity contribution is 0.794. The molecule has 0 atom stereocenters. The van der Waals surface area contributed by atoms with Crippen molar-refractivity contribution in [2.75, 3.05) is 0 Å². The molecule has 2 aliphatic rings. The normalized spacial score (nSPS) is 13.2. The highest BCUT2D eigenvalue weighted by Crippen LogP contribution is 2.63. The van der Waals surface area contributed by atoms with Gasteiger partial charge in [0.1, 0.15) is 5.65 Å². The molecule has 0 bridgehead atoms. The van der Waals surface area contributed by atoms with Crippen LogP contribution >= 0.6 is 0 Å². The van der Waals surface area contributed by atoms with E-state index in [0.717, 1.165) is 50.7 Å². The highest BCUT2D eigenvalue weighted by Gasteiger charge is 2.51. The molecule has 52 heavy (non-hydrogen) atoms. The summed E-state index contributed by atoms with van der Waals surface area (Å²) >= 11 is 0. The van der Waals surface area contributed by atoms with Gasteiger partial charge in [0.05, 0.1) is 28.2 Å². The third-order valence-corrected chi connectivity index (χ3v) is 11.1. The van der Waals surface area contributed by atoms with Crippen LogP contribution in [0.3, 0.4) is 0 Å². The molecule has 0 fully saturated rings. The number of nitrogens with zero attached hydrogens (tertiary/aromatic N) is 3. The first kappa shape index (κ1) is 28.9. The summed E-state index contributed by atoms with van der Waals surface area (Å²) < 4.78 is 2.17. The fourth-order valence-corrected chi connectivity index (χ4v) is 8.88. The van der Waals surface area contributed by atoms with Gasteiger partial charge in [-0.3, -0.25) is 4.40 Å². The Labute approximate surface area is 302 Å². The van der Waals surface area contributed by atoms with E-state index in [1.165, 1.54) is 44.5 Å². The van der Waals surface area contributed by atoms with Gasteiger partial charge in [-0.05, 0) is 74.8 Å². The molecule has 0 unspecified atom stereocenters. The second-order valence-corrected chi connectivity index (χ2v) is 13.7. The molecule has 242 valence electrons. The van der Waals surface area contributed by atoms with Gasteiger partial charge in [0.25, 0.3) is 0 Å². The minimum absolute atomic E-state index is 0.376. The summed E-state index contributed by atoms with van der Waals surface area (Å²) in [5.41, 5.74) is 19.5. The predicted molar refractivity (Wildman–Crippen MR) is 211 cm³/mol. The first-order chi connectivity index (χ1) is 25.8. The molecule has 9 aromatic rings.